The summed E-state index contributed by atoms with van der Waals surface area (Å²) in [7, 11) is 1.73. The van der Waals surface area contributed by atoms with Crippen LogP contribution in [0.15, 0.2) is 24.3 Å². The summed E-state index contributed by atoms with van der Waals surface area (Å²) in [6.07, 6.45) is 2.36. The smallest absolute Gasteiger partial charge is 0.0713 e. The molecule has 3 nitrogen and oxygen atoms in total. The molecule has 106 valence electrons. The third-order valence-corrected chi connectivity index (χ3v) is 3.90. The first-order chi connectivity index (χ1) is 9.29. The van der Waals surface area contributed by atoms with Gasteiger partial charge in [-0.1, -0.05) is 24.3 Å². The van der Waals surface area contributed by atoms with Gasteiger partial charge in [-0.05, 0) is 36.8 Å². The van der Waals surface area contributed by atoms with Gasteiger partial charge < -0.3 is 14.8 Å². The van der Waals surface area contributed by atoms with Gasteiger partial charge in [0.25, 0.3) is 0 Å². The largest absolute Gasteiger partial charge is 0.381 e. The minimum Gasteiger partial charge on any atom is -0.381 e. The molecule has 1 atom stereocenters. The van der Waals surface area contributed by atoms with E-state index in [1.54, 1.807) is 7.11 Å². The zero-order valence-electron chi connectivity index (χ0n) is 12.0. The topological polar surface area (TPSA) is 30.5 Å². The second-order valence-corrected chi connectivity index (χ2v) is 5.37. The van der Waals surface area contributed by atoms with E-state index >= 15 is 0 Å². The second kappa shape index (κ2) is 7.63. The Kier molecular flexibility index (Phi) is 5.83. The third kappa shape index (κ3) is 4.60. The Labute approximate surface area is 116 Å². The minimum atomic E-state index is 0.551. The van der Waals surface area contributed by atoms with Gasteiger partial charge in [-0.2, -0.15) is 0 Å². The van der Waals surface area contributed by atoms with Crippen LogP contribution >= 0.6 is 0 Å². The fourth-order valence-electron chi connectivity index (χ4n) is 2.66. The van der Waals surface area contributed by atoms with Crippen molar-refractivity contribution >= 4 is 0 Å². The lowest BCUT2D eigenvalue weighted by atomic mass is 9.93. The van der Waals surface area contributed by atoms with E-state index in [9.17, 15) is 0 Å². The molecule has 1 aromatic carbocycles. The second-order valence-electron chi connectivity index (χ2n) is 5.37. The summed E-state index contributed by atoms with van der Waals surface area (Å²) in [5, 5.41) is 3.64. The lowest BCUT2D eigenvalue weighted by molar-refractivity contribution is 0.0558. The van der Waals surface area contributed by atoms with Crippen LogP contribution in [0, 0.1) is 5.92 Å². The van der Waals surface area contributed by atoms with Gasteiger partial charge in [0.2, 0.25) is 0 Å². The fourth-order valence-corrected chi connectivity index (χ4v) is 2.66. The van der Waals surface area contributed by atoms with Crippen LogP contribution in [0.5, 0.6) is 0 Å². The first kappa shape index (κ1) is 14.5. The van der Waals surface area contributed by atoms with Crippen LogP contribution in [0.4, 0.5) is 0 Å². The van der Waals surface area contributed by atoms with E-state index in [-0.39, 0.29) is 0 Å². The summed E-state index contributed by atoms with van der Waals surface area (Å²) < 4.78 is 10.6. The monoisotopic (exact) mass is 263 g/mol. The summed E-state index contributed by atoms with van der Waals surface area (Å²) in [4.78, 5) is 0. The molecule has 0 radical (unpaired) electrons. The number of hydrogen-bond donors (Lipinski definition) is 1. The van der Waals surface area contributed by atoms with Gasteiger partial charge in [-0.15, -0.1) is 0 Å². The number of hydrogen-bond acceptors (Lipinski definition) is 3. The molecule has 0 spiro atoms. The highest BCUT2D eigenvalue weighted by Gasteiger charge is 2.19. The molecule has 1 aliphatic rings. The molecule has 1 aliphatic heterocycles. The summed E-state index contributed by atoms with van der Waals surface area (Å²) in [5.41, 5.74) is 2.56. The molecule has 0 aromatic heterocycles. The lowest BCUT2D eigenvalue weighted by Crippen LogP contribution is -2.36. The van der Waals surface area contributed by atoms with Crippen molar-refractivity contribution in [3.63, 3.8) is 0 Å². The van der Waals surface area contributed by atoms with Crippen molar-refractivity contribution in [2.75, 3.05) is 20.3 Å². The van der Waals surface area contributed by atoms with E-state index in [1.807, 2.05) is 0 Å². The summed E-state index contributed by atoms with van der Waals surface area (Å²) >= 11 is 0. The highest BCUT2D eigenvalue weighted by atomic mass is 16.5. The molecule has 1 fully saturated rings. The average Bonchev–Trinajstić information content (AvgIpc) is 2.46. The third-order valence-electron chi connectivity index (χ3n) is 3.90. The Morgan fingerprint density at radius 2 is 2.05 bits per heavy atom. The maximum absolute atomic E-state index is 5.41. The van der Waals surface area contributed by atoms with E-state index in [1.165, 1.54) is 24.0 Å². The Morgan fingerprint density at radius 1 is 1.32 bits per heavy atom. The number of rotatable bonds is 6. The Hall–Kier alpha value is -0.900. The minimum absolute atomic E-state index is 0.551. The van der Waals surface area contributed by atoms with E-state index in [4.69, 9.17) is 9.47 Å². The number of nitrogens with one attached hydrogen (secondary N) is 1. The van der Waals surface area contributed by atoms with Crippen LogP contribution < -0.4 is 5.32 Å². The number of benzene rings is 1. The van der Waals surface area contributed by atoms with E-state index in [2.05, 4.69) is 36.5 Å². The van der Waals surface area contributed by atoms with Gasteiger partial charge >= 0.3 is 0 Å². The predicted molar refractivity (Wildman–Crippen MR) is 77.0 cm³/mol. The maximum Gasteiger partial charge on any atom is 0.0713 e. The molecule has 1 aromatic rings. The molecule has 1 heterocycles. The SMILES string of the molecule is COCc1cccc(CNC(C)C2CCOCC2)c1. The summed E-state index contributed by atoms with van der Waals surface area (Å²) in [6.45, 7) is 5.73. The van der Waals surface area contributed by atoms with Crippen molar-refractivity contribution in [2.45, 2.75) is 39.0 Å². The molecule has 2 rings (SSSR count). The zero-order chi connectivity index (χ0) is 13.5. The van der Waals surface area contributed by atoms with Crippen LogP contribution in [0.1, 0.15) is 30.9 Å². The lowest BCUT2D eigenvalue weighted by Gasteiger charge is -2.28. The van der Waals surface area contributed by atoms with E-state index < -0.39 is 0 Å². The molecule has 3 heteroatoms. The fraction of sp³-hybridized carbons (Fsp3) is 0.625. The van der Waals surface area contributed by atoms with E-state index in [0.717, 1.165) is 25.7 Å². The van der Waals surface area contributed by atoms with Crippen LogP contribution in [0.2, 0.25) is 0 Å². The van der Waals surface area contributed by atoms with Gasteiger partial charge in [0.15, 0.2) is 0 Å². The van der Waals surface area contributed by atoms with Crippen LogP contribution in [0.3, 0.4) is 0 Å². The highest BCUT2D eigenvalue weighted by molar-refractivity contribution is 5.22. The highest BCUT2D eigenvalue weighted by Crippen LogP contribution is 2.19. The normalized spacial score (nSPS) is 18.4. The molecular weight excluding hydrogens is 238 g/mol. The first-order valence-electron chi connectivity index (χ1n) is 7.17. The zero-order valence-corrected chi connectivity index (χ0v) is 12.0. The van der Waals surface area contributed by atoms with Crippen LogP contribution in [-0.2, 0) is 22.6 Å². The Morgan fingerprint density at radius 3 is 2.79 bits per heavy atom. The molecule has 1 N–H and O–H groups in total. The Bertz CT molecular complexity index is 375. The van der Waals surface area contributed by atoms with Crippen molar-refractivity contribution < 1.29 is 9.47 Å². The quantitative estimate of drug-likeness (QED) is 0.856. The molecule has 19 heavy (non-hydrogen) atoms. The van der Waals surface area contributed by atoms with Crippen molar-refractivity contribution in [3.8, 4) is 0 Å². The molecular formula is C16H25NO2. The van der Waals surface area contributed by atoms with Crippen LogP contribution in [-0.4, -0.2) is 26.4 Å². The summed E-state index contributed by atoms with van der Waals surface area (Å²) in [6, 6.07) is 9.14. The number of ether oxygens (including phenoxy) is 2. The molecule has 0 aliphatic carbocycles. The van der Waals surface area contributed by atoms with Gasteiger partial charge in [0.05, 0.1) is 6.61 Å². The van der Waals surface area contributed by atoms with Gasteiger partial charge in [-0.3, -0.25) is 0 Å². The van der Waals surface area contributed by atoms with Crippen LogP contribution in [0.25, 0.3) is 0 Å². The van der Waals surface area contributed by atoms with Gasteiger partial charge in [0.1, 0.15) is 0 Å². The van der Waals surface area contributed by atoms with Gasteiger partial charge in [0, 0.05) is 32.9 Å². The Balaban J connectivity index is 1.82. The van der Waals surface area contributed by atoms with E-state index in [0.29, 0.717) is 12.6 Å². The standard InChI is InChI=1S/C16H25NO2/c1-13(16-6-8-19-9-7-16)17-11-14-4-3-5-15(10-14)12-18-2/h3-5,10,13,16-17H,6-9,11-12H2,1-2H3. The first-order valence-corrected chi connectivity index (χ1v) is 7.17. The molecule has 1 unspecified atom stereocenters. The van der Waals surface area contributed by atoms with Gasteiger partial charge in [-0.25, -0.2) is 0 Å². The molecule has 0 amide bonds. The molecule has 0 bridgehead atoms. The van der Waals surface area contributed by atoms with Crippen molar-refractivity contribution in [2.24, 2.45) is 5.92 Å². The molecule has 0 saturated carbocycles. The summed E-state index contributed by atoms with van der Waals surface area (Å²) in [5.74, 6) is 0.746. The molecule has 1 saturated heterocycles. The van der Waals surface area contributed by atoms with Crippen molar-refractivity contribution in [3.05, 3.63) is 35.4 Å². The predicted octanol–water partition coefficient (Wildman–Crippen LogP) is 2.74. The van der Waals surface area contributed by atoms with Crippen molar-refractivity contribution in [1.82, 2.24) is 5.32 Å². The maximum atomic E-state index is 5.41. The number of methoxy groups -OCH3 is 1. The van der Waals surface area contributed by atoms with Crippen molar-refractivity contribution in [1.29, 1.82) is 0 Å². The average molecular weight is 263 g/mol.